The molecule has 0 aromatic rings. The Morgan fingerprint density at radius 1 is 1.20 bits per heavy atom. The van der Waals surface area contributed by atoms with Crippen molar-refractivity contribution in [1.82, 2.24) is 5.32 Å². The van der Waals surface area contributed by atoms with Gasteiger partial charge in [-0.05, 0) is 50.3 Å². The Balaban J connectivity index is 1.58. The number of hydrogen-bond donors (Lipinski definition) is 1. The Labute approximate surface area is 98.8 Å². The lowest BCUT2D eigenvalue weighted by molar-refractivity contribution is 0.282. The van der Waals surface area contributed by atoms with Gasteiger partial charge in [0.25, 0.3) is 0 Å². The molecule has 1 nitrogen and oxygen atoms in total. The van der Waals surface area contributed by atoms with Crippen LogP contribution in [-0.2, 0) is 0 Å². The summed E-state index contributed by atoms with van der Waals surface area (Å²) in [7, 11) is 0. The van der Waals surface area contributed by atoms with E-state index >= 15 is 0 Å². The third-order valence-corrected chi connectivity index (χ3v) is 5.67. The van der Waals surface area contributed by atoms with Gasteiger partial charge in [-0.3, -0.25) is 0 Å². The van der Waals surface area contributed by atoms with Gasteiger partial charge < -0.3 is 5.32 Å². The van der Waals surface area contributed by atoms with Crippen molar-refractivity contribution in [3.8, 4) is 0 Å². The van der Waals surface area contributed by atoms with Crippen molar-refractivity contribution in [3.63, 3.8) is 0 Å². The van der Waals surface area contributed by atoms with E-state index in [1.165, 1.54) is 51.6 Å². The molecule has 0 heterocycles. The van der Waals surface area contributed by atoms with Gasteiger partial charge in [0.05, 0.1) is 0 Å². The van der Waals surface area contributed by atoms with E-state index in [1.807, 2.05) is 0 Å². The Morgan fingerprint density at radius 2 is 1.87 bits per heavy atom. The molecule has 0 radical (unpaired) electrons. The third-order valence-electron chi connectivity index (χ3n) is 4.26. The monoisotopic (exact) mass is 227 g/mol. The third kappa shape index (κ3) is 3.39. The van der Waals surface area contributed by atoms with Crippen LogP contribution in [0.5, 0.6) is 0 Å². The minimum absolute atomic E-state index is 0.641. The maximum Gasteiger partial charge on any atom is 0.0282 e. The molecule has 0 bridgehead atoms. The molecule has 0 spiro atoms. The zero-order valence-corrected chi connectivity index (χ0v) is 11.0. The summed E-state index contributed by atoms with van der Waals surface area (Å²) in [6.07, 6.45) is 11.0. The second-order valence-corrected chi connectivity index (χ2v) is 6.92. The number of rotatable bonds is 5. The van der Waals surface area contributed by atoms with Crippen molar-refractivity contribution in [2.45, 2.75) is 50.2 Å². The number of hydrogen-bond acceptors (Lipinski definition) is 2. The summed E-state index contributed by atoms with van der Waals surface area (Å²) >= 11 is 2.06. The first-order chi connectivity index (χ1) is 7.24. The fraction of sp³-hybridized carbons (Fsp3) is 1.00. The fourth-order valence-corrected chi connectivity index (χ4v) is 3.39. The highest BCUT2D eigenvalue weighted by atomic mass is 32.2. The summed E-state index contributed by atoms with van der Waals surface area (Å²) in [5.74, 6) is 1.96. The maximum atomic E-state index is 3.70. The molecular formula is C13H25NS. The first kappa shape index (κ1) is 11.8. The molecule has 0 aliphatic heterocycles. The molecule has 1 N–H and O–H groups in total. The van der Waals surface area contributed by atoms with Crippen molar-refractivity contribution in [1.29, 1.82) is 0 Å². The van der Waals surface area contributed by atoms with Crippen molar-refractivity contribution in [3.05, 3.63) is 0 Å². The maximum absolute atomic E-state index is 3.70. The van der Waals surface area contributed by atoms with Gasteiger partial charge >= 0.3 is 0 Å². The fourth-order valence-electron chi connectivity index (χ4n) is 2.63. The molecule has 0 atom stereocenters. The molecule has 2 heteroatoms. The van der Waals surface area contributed by atoms with E-state index in [1.54, 1.807) is 0 Å². The van der Waals surface area contributed by atoms with Crippen LogP contribution in [0.4, 0.5) is 0 Å². The molecule has 2 aliphatic rings. The molecule has 0 amide bonds. The van der Waals surface area contributed by atoms with Crippen molar-refractivity contribution in [2.24, 2.45) is 11.8 Å². The molecule has 15 heavy (non-hydrogen) atoms. The van der Waals surface area contributed by atoms with E-state index in [2.05, 4.69) is 30.3 Å². The summed E-state index contributed by atoms with van der Waals surface area (Å²) in [6.45, 7) is 4.92. The van der Waals surface area contributed by atoms with E-state index in [-0.39, 0.29) is 0 Å². The molecule has 2 rings (SSSR count). The van der Waals surface area contributed by atoms with Crippen molar-refractivity contribution < 1.29 is 0 Å². The van der Waals surface area contributed by atoms with Gasteiger partial charge in [-0.1, -0.05) is 19.8 Å². The second-order valence-electron chi connectivity index (χ2n) is 5.64. The lowest BCUT2D eigenvalue weighted by Gasteiger charge is -2.27. The lowest BCUT2D eigenvalue weighted by Crippen LogP contribution is -2.32. The molecular weight excluding hydrogens is 202 g/mol. The zero-order valence-electron chi connectivity index (χ0n) is 10.2. The highest BCUT2D eigenvalue weighted by Gasteiger charge is 2.41. The van der Waals surface area contributed by atoms with Gasteiger partial charge in [0.2, 0.25) is 0 Å². The van der Waals surface area contributed by atoms with Gasteiger partial charge in [0.1, 0.15) is 0 Å². The molecule has 2 saturated carbocycles. The van der Waals surface area contributed by atoms with E-state index in [0.29, 0.717) is 4.75 Å². The van der Waals surface area contributed by atoms with Crippen LogP contribution in [0, 0.1) is 11.8 Å². The van der Waals surface area contributed by atoms with Gasteiger partial charge in [-0.2, -0.15) is 11.8 Å². The molecule has 0 aromatic carbocycles. The van der Waals surface area contributed by atoms with Crippen LogP contribution >= 0.6 is 11.8 Å². The normalized spacial score (nSPS) is 34.0. The predicted octanol–water partition coefficient (Wildman–Crippen LogP) is 3.30. The van der Waals surface area contributed by atoms with E-state index in [0.717, 1.165) is 11.8 Å². The van der Waals surface area contributed by atoms with Crippen LogP contribution < -0.4 is 5.32 Å². The van der Waals surface area contributed by atoms with Gasteiger partial charge in [0.15, 0.2) is 0 Å². The van der Waals surface area contributed by atoms with E-state index < -0.39 is 0 Å². The summed E-state index contributed by atoms with van der Waals surface area (Å²) in [6, 6.07) is 0. The summed E-state index contributed by atoms with van der Waals surface area (Å²) in [5.41, 5.74) is 0. The van der Waals surface area contributed by atoms with Gasteiger partial charge in [0, 0.05) is 11.3 Å². The van der Waals surface area contributed by atoms with Gasteiger partial charge in [-0.15, -0.1) is 0 Å². The van der Waals surface area contributed by atoms with Crippen LogP contribution in [0.2, 0.25) is 0 Å². The van der Waals surface area contributed by atoms with Crippen LogP contribution in [0.15, 0.2) is 0 Å². The Morgan fingerprint density at radius 3 is 2.40 bits per heavy atom. The molecule has 0 unspecified atom stereocenters. The number of nitrogens with one attached hydrogen (secondary N) is 1. The summed E-state index contributed by atoms with van der Waals surface area (Å²) < 4.78 is 0.641. The van der Waals surface area contributed by atoms with E-state index in [4.69, 9.17) is 0 Å². The van der Waals surface area contributed by atoms with Crippen molar-refractivity contribution in [2.75, 3.05) is 19.3 Å². The second kappa shape index (κ2) is 5.09. The highest BCUT2D eigenvalue weighted by Crippen LogP contribution is 2.46. The molecule has 2 aliphatic carbocycles. The Bertz CT molecular complexity index is 193. The SMILES string of the molecule is CSC1(CNCC2CCC(C)CC2)CC1. The molecule has 2 fully saturated rings. The molecule has 88 valence electrons. The number of thioether (sulfide) groups is 1. The first-order valence-electron chi connectivity index (χ1n) is 6.50. The molecule has 0 aromatic heterocycles. The Hall–Kier alpha value is 0.310. The Kier molecular flexibility index (Phi) is 4.00. The average molecular weight is 227 g/mol. The minimum atomic E-state index is 0.641. The molecule has 0 saturated heterocycles. The topological polar surface area (TPSA) is 12.0 Å². The van der Waals surface area contributed by atoms with E-state index in [9.17, 15) is 0 Å². The average Bonchev–Trinajstić information content (AvgIpc) is 3.02. The van der Waals surface area contributed by atoms with Crippen molar-refractivity contribution >= 4 is 11.8 Å². The smallest absolute Gasteiger partial charge is 0.0282 e. The highest BCUT2D eigenvalue weighted by molar-refractivity contribution is 8.00. The summed E-state index contributed by atoms with van der Waals surface area (Å²) in [4.78, 5) is 0. The standard InChI is InChI=1S/C13H25NS/c1-11-3-5-12(6-4-11)9-14-10-13(15-2)7-8-13/h11-12,14H,3-10H2,1-2H3. The van der Waals surface area contributed by atoms with Crippen LogP contribution in [0.3, 0.4) is 0 Å². The van der Waals surface area contributed by atoms with Gasteiger partial charge in [-0.25, -0.2) is 0 Å². The summed E-state index contributed by atoms with van der Waals surface area (Å²) in [5, 5.41) is 3.70. The van der Waals surface area contributed by atoms with Crippen LogP contribution in [-0.4, -0.2) is 24.1 Å². The predicted molar refractivity (Wildman–Crippen MR) is 69.5 cm³/mol. The zero-order chi connectivity index (χ0) is 10.7. The minimum Gasteiger partial charge on any atom is -0.315 e. The van der Waals surface area contributed by atoms with Crippen LogP contribution in [0.25, 0.3) is 0 Å². The first-order valence-corrected chi connectivity index (χ1v) is 7.72. The quantitative estimate of drug-likeness (QED) is 0.773. The lowest BCUT2D eigenvalue weighted by atomic mass is 9.83. The van der Waals surface area contributed by atoms with Crippen LogP contribution in [0.1, 0.15) is 45.4 Å². The largest absolute Gasteiger partial charge is 0.315 e.